The van der Waals surface area contributed by atoms with Gasteiger partial charge in [0.2, 0.25) is 0 Å². The summed E-state index contributed by atoms with van der Waals surface area (Å²) in [5, 5.41) is 0. The summed E-state index contributed by atoms with van der Waals surface area (Å²) < 4.78 is 11.2. The number of carbonyl (C=O) groups is 1. The number of ketones is 1. The molecule has 0 radical (unpaired) electrons. The van der Waals surface area contributed by atoms with Crippen molar-refractivity contribution in [1.82, 2.24) is 0 Å². The van der Waals surface area contributed by atoms with E-state index in [2.05, 4.69) is 15.9 Å². The second kappa shape index (κ2) is 6.76. The molecule has 0 aromatic heterocycles. The number of aryl methyl sites for hydroxylation is 1. The van der Waals surface area contributed by atoms with Crippen LogP contribution in [0.25, 0.3) is 0 Å². The van der Waals surface area contributed by atoms with Gasteiger partial charge in [-0.1, -0.05) is 29.8 Å². The lowest BCUT2D eigenvalue weighted by atomic mass is 10.0. The highest BCUT2D eigenvalue weighted by Gasteiger charge is 2.18. The van der Waals surface area contributed by atoms with E-state index in [0.717, 1.165) is 5.56 Å². The maximum atomic E-state index is 12.5. The van der Waals surface area contributed by atoms with Gasteiger partial charge in [0.05, 0.1) is 19.8 Å². The largest absolute Gasteiger partial charge is 0.497 e. The van der Waals surface area contributed by atoms with E-state index in [0.29, 0.717) is 28.0 Å². The molecule has 0 aliphatic carbocycles. The van der Waals surface area contributed by atoms with Crippen molar-refractivity contribution < 1.29 is 14.3 Å². The van der Waals surface area contributed by atoms with Crippen LogP contribution in [0.3, 0.4) is 0 Å². The Morgan fingerprint density at radius 3 is 2.33 bits per heavy atom. The summed E-state index contributed by atoms with van der Waals surface area (Å²) in [6.45, 7) is 2.02. The van der Waals surface area contributed by atoms with Gasteiger partial charge in [-0.3, -0.25) is 4.79 Å². The Morgan fingerprint density at radius 2 is 1.76 bits per heavy atom. The molecular weight excluding hydrogens is 332 g/mol. The molecule has 0 amide bonds. The summed E-state index contributed by atoms with van der Waals surface area (Å²) in [6.07, 6.45) is 0.335. The van der Waals surface area contributed by atoms with Crippen LogP contribution in [0.1, 0.15) is 21.5 Å². The number of hydrogen-bond acceptors (Lipinski definition) is 3. The van der Waals surface area contributed by atoms with Crippen molar-refractivity contribution >= 4 is 21.7 Å². The first-order valence-electron chi connectivity index (χ1n) is 6.55. The van der Waals surface area contributed by atoms with Gasteiger partial charge < -0.3 is 9.47 Å². The third-order valence-electron chi connectivity index (χ3n) is 3.25. The maximum absolute atomic E-state index is 12.5. The van der Waals surface area contributed by atoms with Crippen LogP contribution in [0.4, 0.5) is 0 Å². The summed E-state index contributed by atoms with van der Waals surface area (Å²) in [7, 11) is 3.12. The lowest BCUT2D eigenvalue weighted by Crippen LogP contribution is -2.07. The third-order valence-corrected chi connectivity index (χ3v) is 3.87. The Morgan fingerprint density at radius 1 is 1.10 bits per heavy atom. The van der Waals surface area contributed by atoms with E-state index in [-0.39, 0.29) is 5.78 Å². The molecule has 0 saturated carbocycles. The zero-order chi connectivity index (χ0) is 15.4. The average Bonchev–Trinajstić information content (AvgIpc) is 2.48. The summed E-state index contributed by atoms with van der Waals surface area (Å²) in [4.78, 5) is 12.5. The average molecular weight is 349 g/mol. The second-order valence-corrected chi connectivity index (χ2v) is 5.63. The summed E-state index contributed by atoms with van der Waals surface area (Å²) in [6, 6.07) is 11.4. The molecule has 0 aliphatic rings. The van der Waals surface area contributed by atoms with Crippen LogP contribution in [0, 0.1) is 6.92 Å². The molecule has 110 valence electrons. The molecule has 2 rings (SSSR count). The molecule has 4 heteroatoms. The van der Waals surface area contributed by atoms with Crippen LogP contribution in [0.15, 0.2) is 40.9 Å². The SMILES string of the molecule is COc1cc(Br)c(C(=O)Cc2ccc(C)cc2)c(OC)c1. The van der Waals surface area contributed by atoms with Crippen LogP contribution in [-0.2, 0) is 6.42 Å². The molecule has 0 spiro atoms. The van der Waals surface area contributed by atoms with Gasteiger partial charge in [0.25, 0.3) is 0 Å². The molecular formula is C17H17BrO3. The topological polar surface area (TPSA) is 35.5 Å². The highest BCUT2D eigenvalue weighted by molar-refractivity contribution is 9.10. The first-order chi connectivity index (χ1) is 10.0. The van der Waals surface area contributed by atoms with Crippen molar-refractivity contribution in [2.45, 2.75) is 13.3 Å². The summed E-state index contributed by atoms with van der Waals surface area (Å²) in [5.41, 5.74) is 2.70. The van der Waals surface area contributed by atoms with E-state index < -0.39 is 0 Å². The quantitative estimate of drug-likeness (QED) is 0.759. The Labute approximate surface area is 133 Å². The minimum absolute atomic E-state index is 0.00484. The Bertz CT molecular complexity index is 648. The predicted molar refractivity (Wildman–Crippen MR) is 86.5 cm³/mol. The van der Waals surface area contributed by atoms with Crippen LogP contribution in [0.2, 0.25) is 0 Å². The molecule has 2 aromatic rings. The van der Waals surface area contributed by atoms with Crippen molar-refractivity contribution in [3.05, 3.63) is 57.6 Å². The Balaban J connectivity index is 2.32. The van der Waals surface area contributed by atoms with Crippen molar-refractivity contribution in [3.8, 4) is 11.5 Å². The second-order valence-electron chi connectivity index (χ2n) is 4.77. The van der Waals surface area contributed by atoms with Crippen molar-refractivity contribution in [2.24, 2.45) is 0 Å². The van der Waals surface area contributed by atoms with Crippen molar-refractivity contribution in [1.29, 1.82) is 0 Å². The minimum atomic E-state index is 0.00484. The standard InChI is InChI=1S/C17H17BrO3/c1-11-4-6-12(7-5-11)8-15(19)17-14(18)9-13(20-2)10-16(17)21-3/h4-7,9-10H,8H2,1-3H3. The number of ether oxygens (including phenoxy) is 2. The third kappa shape index (κ3) is 3.64. The first kappa shape index (κ1) is 15.6. The van der Waals surface area contributed by atoms with Gasteiger partial charge in [-0.05, 0) is 34.5 Å². The molecule has 0 fully saturated rings. The summed E-state index contributed by atoms with van der Waals surface area (Å²) >= 11 is 3.42. The van der Waals surface area contributed by atoms with Gasteiger partial charge in [-0.25, -0.2) is 0 Å². The lowest BCUT2D eigenvalue weighted by molar-refractivity contribution is 0.0989. The van der Waals surface area contributed by atoms with Crippen LogP contribution in [0.5, 0.6) is 11.5 Å². The number of carbonyl (C=O) groups excluding carboxylic acids is 1. The molecule has 0 saturated heterocycles. The normalized spacial score (nSPS) is 10.3. The number of Topliss-reactive ketones (excluding diaryl/α,β-unsaturated/α-hetero) is 1. The number of halogens is 1. The van der Waals surface area contributed by atoms with Gasteiger partial charge in [-0.15, -0.1) is 0 Å². The zero-order valence-electron chi connectivity index (χ0n) is 12.3. The predicted octanol–water partition coefficient (Wildman–Crippen LogP) is 4.20. The van der Waals surface area contributed by atoms with E-state index in [4.69, 9.17) is 9.47 Å². The maximum Gasteiger partial charge on any atom is 0.172 e. The highest BCUT2D eigenvalue weighted by Crippen LogP contribution is 2.33. The Kier molecular flexibility index (Phi) is 5.02. The van der Waals surface area contributed by atoms with Crippen LogP contribution >= 0.6 is 15.9 Å². The fourth-order valence-electron chi connectivity index (χ4n) is 2.09. The van der Waals surface area contributed by atoms with Gasteiger partial charge in [-0.2, -0.15) is 0 Å². The van der Waals surface area contributed by atoms with E-state index in [1.165, 1.54) is 5.56 Å². The van der Waals surface area contributed by atoms with E-state index in [1.807, 2.05) is 31.2 Å². The fraction of sp³-hybridized carbons (Fsp3) is 0.235. The highest BCUT2D eigenvalue weighted by atomic mass is 79.9. The number of hydrogen-bond donors (Lipinski definition) is 0. The van der Waals surface area contributed by atoms with E-state index in [9.17, 15) is 4.79 Å². The van der Waals surface area contributed by atoms with E-state index >= 15 is 0 Å². The smallest absolute Gasteiger partial charge is 0.172 e. The molecule has 21 heavy (non-hydrogen) atoms. The van der Waals surface area contributed by atoms with Gasteiger partial charge in [0.1, 0.15) is 11.5 Å². The lowest BCUT2D eigenvalue weighted by Gasteiger charge is -2.12. The van der Waals surface area contributed by atoms with E-state index in [1.54, 1.807) is 26.4 Å². The number of benzene rings is 2. The first-order valence-corrected chi connectivity index (χ1v) is 7.34. The minimum Gasteiger partial charge on any atom is -0.497 e. The fourth-order valence-corrected chi connectivity index (χ4v) is 2.73. The zero-order valence-corrected chi connectivity index (χ0v) is 13.9. The van der Waals surface area contributed by atoms with Crippen molar-refractivity contribution in [2.75, 3.05) is 14.2 Å². The van der Waals surface area contributed by atoms with Crippen LogP contribution in [-0.4, -0.2) is 20.0 Å². The van der Waals surface area contributed by atoms with Gasteiger partial charge in [0.15, 0.2) is 5.78 Å². The molecule has 0 N–H and O–H groups in total. The van der Waals surface area contributed by atoms with Gasteiger partial charge in [0, 0.05) is 17.0 Å². The molecule has 0 atom stereocenters. The molecule has 0 aliphatic heterocycles. The Hall–Kier alpha value is -1.81. The number of rotatable bonds is 5. The summed E-state index contributed by atoms with van der Waals surface area (Å²) in [5.74, 6) is 1.16. The molecule has 2 aromatic carbocycles. The van der Waals surface area contributed by atoms with Gasteiger partial charge >= 0.3 is 0 Å². The molecule has 0 unspecified atom stereocenters. The molecule has 3 nitrogen and oxygen atoms in total. The molecule has 0 bridgehead atoms. The van der Waals surface area contributed by atoms with Crippen molar-refractivity contribution in [3.63, 3.8) is 0 Å². The monoisotopic (exact) mass is 348 g/mol. The number of methoxy groups -OCH3 is 2. The molecule has 0 heterocycles. The van der Waals surface area contributed by atoms with Crippen LogP contribution < -0.4 is 9.47 Å².